The minimum atomic E-state index is -0.646. The van der Waals surface area contributed by atoms with E-state index in [1.54, 1.807) is 6.07 Å². The number of nitro benzene ring substituents is 1. The van der Waals surface area contributed by atoms with Crippen molar-refractivity contribution >= 4 is 23.2 Å². The van der Waals surface area contributed by atoms with Crippen LogP contribution in [-0.2, 0) is 19.4 Å². The summed E-state index contributed by atoms with van der Waals surface area (Å²) >= 11 is 5.72. The van der Waals surface area contributed by atoms with Crippen LogP contribution < -0.4 is 10.9 Å². The molecule has 0 bridgehead atoms. The molecule has 130 valence electrons. The number of carbonyl (C=O) groups excluding carboxylic acids is 1. The number of benzene rings is 1. The predicted octanol–water partition coefficient (Wildman–Crippen LogP) is 1.72. The van der Waals surface area contributed by atoms with E-state index in [0.29, 0.717) is 0 Å². The summed E-state index contributed by atoms with van der Waals surface area (Å²) in [5, 5.41) is 17.8. The Bertz CT molecular complexity index is 909. The van der Waals surface area contributed by atoms with E-state index in [9.17, 15) is 19.7 Å². The van der Waals surface area contributed by atoms with E-state index in [4.69, 9.17) is 11.6 Å². The van der Waals surface area contributed by atoms with Crippen LogP contribution >= 0.6 is 11.6 Å². The van der Waals surface area contributed by atoms with Gasteiger partial charge in [-0.3, -0.25) is 19.7 Å². The van der Waals surface area contributed by atoms with E-state index in [1.807, 2.05) is 0 Å². The molecule has 9 heteroatoms. The average Bonchev–Trinajstić information content (AvgIpc) is 3.02. The number of hydrogen-bond donors (Lipinski definition) is 1. The van der Waals surface area contributed by atoms with Crippen molar-refractivity contribution in [2.24, 2.45) is 0 Å². The molecule has 1 N–H and O–H groups in total. The summed E-state index contributed by atoms with van der Waals surface area (Å²) in [5.41, 5.74) is 1.53. The molecular weight excluding hydrogens is 348 g/mol. The number of nitro groups is 1. The number of aromatic nitrogens is 2. The number of nitrogens with zero attached hydrogens (tertiary/aromatic N) is 3. The van der Waals surface area contributed by atoms with Crippen LogP contribution in [0.3, 0.4) is 0 Å². The molecule has 0 spiro atoms. The maximum absolute atomic E-state index is 12.1. The van der Waals surface area contributed by atoms with Gasteiger partial charge in [-0.1, -0.05) is 11.6 Å². The molecule has 1 heterocycles. The predicted molar refractivity (Wildman–Crippen MR) is 91.0 cm³/mol. The molecule has 25 heavy (non-hydrogen) atoms. The molecular formula is C16H15ClN4O4. The number of aryl methyl sites for hydroxylation is 2. The first kappa shape index (κ1) is 17.1. The Morgan fingerprint density at radius 3 is 2.92 bits per heavy atom. The molecule has 1 aromatic heterocycles. The van der Waals surface area contributed by atoms with Gasteiger partial charge in [-0.2, -0.15) is 5.10 Å². The lowest BCUT2D eigenvalue weighted by Gasteiger charge is -2.08. The van der Waals surface area contributed by atoms with Crippen LogP contribution in [0, 0.1) is 10.1 Å². The zero-order valence-corrected chi connectivity index (χ0v) is 14.0. The Kier molecular flexibility index (Phi) is 4.80. The van der Waals surface area contributed by atoms with Crippen LogP contribution in [0.2, 0.25) is 5.02 Å². The summed E-state index contributed by atoms with van der Waals surface area (Å²) in [4.78, 5) is 34.3. The zero-order chi connectivity index (χ0) is 18.0. The lowest BCUT2D eigenvalue weighted by Crippen LogP contribution is -2.32. The van der Waals surface area contributed by atoms with E-state index in [2.05, 4.69) is 10.4 Å². The molecule has 8 nitrogen and oxygen atoms in total. The molecule has 1 aliphatic carbocycles. The minimum absolute atomic E-state index is 0.0320. The van der Waals surface area contributed by atoms with Crippen molar-refractivity contribution < 1.29 is 9.72 Å². The molecule has 0 fully saturated rings. The topological polar surface area (TPSA) is 107 Å². The molecule has 0 saturated heterocycles. The second-order valence-electron chi connectivity index (χ2n) is 5.71. The first-order chi connectivity index (χ1) is 12.0. The maximum atomic E-state index is 12.1. The molecule has 0 saturated carbocycles. The third kappa shape index (κ3) is 3.69. The maximum Gasteiger partial charge on any atom is 0.288 e. The number of fused-ring (bicyclic) bond motifs is 1. The third-order valence-corrected chi connectivity index (χ3v) is 4.36. The van der Waals surface area contributed by atoms with Gasteiger partial charge in [0.05, 0.1) is 17.2 Å². The monoisotopic (exact) mass is 362 g/mol. The molecule has 1 aliphatic rings. The van der Waals surface area contributed by atoms with Crippen molar-refractivity contribution in [1.29, 1.82) is 0 Å². The van der Waals surface area contributed by atoms with Crippen LogP contribution in [0.5, 0.6) is 0 Å². The average molecular weight is 363 g/mol. The summed E-state index contributed by atoms with van der Waals surface area (Å²) in [6.45, 7) is 0.411. The SMILES string of the molecule is O=C(NCCn1nc2c(cc1=O)CCC2)c1ccc(Cl)c([N+](=O)[O-])c1. The van der Waals surface area contributed by atoms with Crippen LogP contribution in [0.1, 0.15) is 28.0 Å². The fourth-order valence-electron chi connectivity index (χ4n) is 2.77. The number of halogens is 1. The number of nitrogens with one attached hydrogen (secondary N) is 1. The van der Waals surface area contributed by atoms with Gasteiger partial charge in [-0.25, -0.2) is 4.68 Å². The van der Waals surface area contributed by atoms with Gasteiger partial charge < -0.3 is 5.32 Å². The number of rotatable bonds is 5. The first-order valence-corrected chi connectivity index (χ1v) is 8.15. The fourth-order valence-corrected chi connectivity index (χ4v) is 2.96. The van der Waals surface area contributed by atoms with Gasteiger partial charge in [0.2, 0.25) is 0 Å². The largest absolute Gasteiger partial charge is 0.350 e. The van der Waals surface area contributed by atoms with Gasteiger partial charge in [0.25, 0.3) is 17.2 Å². The standard InChI is InChI=1S/C16H15ClN4O4/c17-12-5-4-11(8-14(12)21(24)25)16(23)18-6-7-20-15(22)9-10-2-1-3-13(10)19-20/h4-5,8-9H,1-3,6-7H2,(H,18,23). The molecule has 0 unspecified atom stereocenters. The molecule has 3 rings (SSSR count). The van der Waals surface area contributed by atoms with Crippen molar-refractivity contribution in [2.75, 3.05) is 6.54 Å². The van der Waals surface area contributed by atoms with Gasteiger partial charge in [0.15, 0.2) is 0 Å². The first-order valence-electron chi connectivity index (χ1n) is 7.78. The van der Waals surface area contributed by atoms with Gasteiger partial charge in [-0.15, -0.1) is 0 Å². The molecule has 0 aliphatic heterocycles. The quantitative estimate of drug-likeness (QED) is 0.643. The summed E-state index contributed by atoms with van der Waals surface area (Å²) in [7, 11) is 0. The Morgan fingerprint density at radius 1 is 1.36 bits per heavy atom. The highest BCUT2D eigenvalue weighted by Gasteiger charge is 2.17. The lowest BCUT2D eigenvalue weighted by molar-refractivity contribution is -0.384. The normalized spacial score (nSPS) is 12.7. The second-order valence-corrected chi connectivity index (χ2v) is 6.12. The van der Waals surface area contributed by atoms with Crippen LogP contribution in [0.15, 0.2) is 29.1 Å². The van der Waals surface area contributed by atoms with Crippen molar-refractivity contribution in [3.05, 3.63) is 66.6 Å². The molecule has 0 radical (unpaired) electrons. The highest BCUT2D eigenvalue weighted by Crippen LogP contribution is 2.25. The number of hydrogen-bond acceptors (Lipinski definition) is 5. The molecule has 1 aromatic carbocycles. The zero-order valence-electron chi connectivity index (χ0n) is 13.2. The van der Waals surface area contributed by atoms with Crippen molar-refractivity contribution in [2.45, 2.75) is 25.8 Å². The summed E-state index contributed by atoms with van der Waals surface area (Å²) in [5.74, 6) is -0.478. The summed E-state index contributed by atoms with van der Waals surface area (Å²) in [6.07, 6.45) is 2.73. The lowest BCUT2D eigenvalue weighted by atomic mass is 10.2. The van der Waals surface area contributed by atoms with Crippen molar-refractivity contribution in [1.82, 2.24) is 15.1 Å². The highest BCUT2D eigenvalue weighted by molar-refractivity contribution is 6.32. The van der Waals surface area contributed by atoms with Crippen LogP contribution in [0.4, 0.5) is 5.69 Å². The van der Waals surface area contributed by atoms with E-state index in [0.717, 1.165) is 36.6 Å². The fraction of sp³-hybridized carbons (Fsp3) is 0.312. The highest BCUT2D eigenvalue weighted by atomic mass is 35.5. The molecule has 0 atom stereocenters. The van der Waals surface area contributed by atoms with E-state index in [-0.39, 0.29) is 34.9 Å². The van der Waals surface area contributed by atoms with Gasteiger partial charge in [0, 0.05) is 24.2 Å². The minimum Gasteiger partial charge on any atom is -0.350 e. The van der Waals surface area contributed by atoms with Crippen molar-refractivity contribution in [3.8, 4) is 0 Å². The number of amides is 1. The van der Waals surface area contributed by atoms with Gasteiger partial charge in [0.1, 0.15) is 5.02 Å². The van der Waals surface area contributed by atoms with Gasteiger partial charge in [-0.05, 0) is 37.0 Å². The smallest absolute Gasteiger partial charge is 0.288 e. The molecule has 1 amide bonds. The van der Waals surface area contributed by atoms with Gasteiger partial charge >= 0.3 is 0 Å². The number of carbonyl (C=O) groups is 1. The van der Waals surface area contributed by atoms with E-state index < -0.39 is 10.8 Å². The van der Waals surface area contributed by atoms with Crippen LogP contribution in [-0.4, -0.2) is 27.2 Å². The molecule has 2 aromatic rings. The Hall–Kier alpha value is -2.74. The Balaban J connectivity index is 1.65. The van der Waals surface area contributed by atoms with Crippen molar-refractivity contribution in [3.63, 3.8) is 0 Å². The summed E-state index contributed by atoms with van der Waals surface area (Å²) in [6, 6.07) is 5.43. The summed E-state index contributed by atoms with van der Waals surface area (Å²) < 4.78 is 1.33. The van der Waals surface area contributed by atoms with Crippen LogP contribution in [0.25, 0.3) is 0 Å². The Morgan fingerprint density at radius 2 is 2.16 bits per heavy atom. The Labute approximate surface area is 147 Å². The third-order valence-electron chi connectivity index (χ3n) is 4.04. The van der Waals surface area contributed by atoms with E-state index in [1.165, 1.54) is 16.8 Å². The second kappa shape index (κ2) is 7.02. The van der Waals surface area contributed by atoms with E-state index >= 15 is 0 Å².